The van der Waals surface area contributed by atoms with Crippen LogP contribution in [0.25, 0.3) is 28.1 Å². The van der Waals surface area contributed by atoms with Crippen molar-refractivity contribution in [3.8, 4) is 11.1 Å². The van der Waals surface area contributed by atoms with Crippen molar-refractivity contribution < 1.29 is 9.53 Å². The van der Waals surface area contributed by atoms with Crippen molar-refractivity contribution in [3.05, 3.63) is 64.4 Å². The Morgan fingerprint density at radius 1 is 1.24 bits per heavy atom. The van der Waals surface area contributed by atoms with Gasteiger partial charge in [0.25, 0.3) is 0 Å². The molecule has 0 unspecified atom stereocenters. The third-order valence-electron chi connectivity index (χ3n) is 5.89. The fraction of sp³-hybridized carbons (Fsp3) is 0.320. The predicted molar refractivity (Wildman–Crippen MR) is 119 cm³/mol. The second-order valence-electron chi connectivity index (χ2n) is 7.63. The van der Waals surface area contributed by atoms with Crippen LogP contribution in [0.4, 0.5) is 0 Å². The molecular weight excluding hydrogens is 360 g/mol. The van der Waals surface area contributed by atoms with Crippen molar-refractivity contribution in [2.45, 2.75) is 33.2 Å². The molecule has 4 nitrogen and oxygen atoms in total. The highest BCUT2D eigenvalue weighted by Gasteiger charge is 2.22. The molecule has 0 spiro atoms. The third kappa shape index (κ3) is 3.28. The number of ether oxygens (including phenoxy) is 1. The SMILES string of the molecule is CCOC(=O)c1c(CNC)n(C)c2cc(-c3ccc(C)c4c3C=CCC4)ccc12. The van der Waals surface area contributed by atoms with Crippen molar-refractivity contribution in [1.82, 2.24) is 9.88 Å². The summed E-state index contributed by atoms with van der Waals surface area (Å²) in [6.07, 6.45) is 6.71. The van der Waals surface area contributed by atoms with Gasteiger partial charge in [-0.3, -0.25) is 0 Å². The molecule has 0 fully saturated rings. The Labute approximate surface area is 172 Å². The van der Waals surface area contributed by atoms with E-state index in [9.17, 15) is 4.79 Å². The van der Waals surface area contributed by atoms with Crippen LogP contribution >= 0.6 is 0 Å². The number of fused-ring (bicyclic) bond motifs is 2. The zero-order valence-electron chi connectivity index (χ0n) is 17.6. The molecule has 0 saturated carbocycles. The van der Waals surface area contributed by atoms with Gasteiger partial charge in [-0.2, -0.15) is 0 Å². The van der Waals surface area contributed by atoms with Gasteiger partial charge in [0, 0.05) is 30.2 Å². The van der Waals surface area contributed by atoms with E-state index in [-0.39, 0.29) is 5.97 Å². The Balaban J connectivity index is 1.92. The molecule has 1 aromatic heterocycles. The highest BCUT2D eigenvalue weighted by atomic mass is 16.5. The smallest absolute Gasteiger partial charge is 0.340 e. The molecule has 1 aliphatic rings. The summed E-state index contributed by atoms with van der Waals surface area (Å²) in [5.41, 5.74) is 9.20. The first kappa shape index (κ1) is 19.5. The lowest BCUT2D eigenvalue weighted by atomic mass is 9.87. The Morgan fingerprint density at radius 3 is 2.83 bits per heavy atom. The number of esters is 1. The van der Waals surface area contributed by atoms with Crippen LogP contribution in [-0.4, -0.2) is 24.2 Å². The number of hydrogen-bond donors (Lipinski definition) is 1. The summed E-state index contributed by atoms with van der Waals surface area (Å²) < 4.78 is 7.46. The highest BCUT2D eigenvalue weighted by Crippen LogP contribution is 2.36. The van der Waals surface area contributed by atoms with Crippen LogP contribution in [0.1, 0.15) is 46.1 Å². The van der Waals surface area contributed by atoms with Crippen molar-refractivity contribution in [2.75, 3.05) is 13.7 Å². The van der Waals surface area contributed by atoms with Crippen molar-refractivity contribution in [3.63, 3.8) is 0 Å². The lowest BCUT2D eigenvalue weighted by Crippen LogP contribution is -2.14. The van der Waals surface area contributed by atoms with E-state index in [1.54, 1.807) is 0 Å². The van der Waals surface area contributed by atoms with Crippen molar-refractivity contribution in [1.29, 1.82) is 0 Å². The molecule has 1 N–H and O–H groups in total. The van der Waals surface area contributed by atoms with Gasteiger partial charge in [-0.1, -0.05) is 36.4 Å². The van der Waals surface area contributed by atoms with E-state index < -0.39 is 0 Å². The second kappa shape index (κ2) is 7.88. The molecule has 0 saturated heterocycles. The summed E-state index contributed by atoms with van der Waals surface area (Å²) in [5, 5.41) is 4.12. The summed E-state index contributed by atoms with van der Waals surface area (Å²) in [4.78, 5) is 12.7. The zero-order valence-corrected chi connectivity index (χ0v) is 17.6. The number of hydrogen-bond acceptors (Lipinski definition) is 3. The molecule has 0 radical (unpaired) electrons. The van der Waals surface area contributed by atoms with Gasteiger partial charge in [0.05, 0.1) is 12.2 Å². The van der Waals surface area contributed by atoms with Gasteiger partial charge in [0.15, 0.2) is 0 Å². The van der Waals surface area contributed by atoms with Gasteiger partial charge in [-0.25, -0.2) is 4.79 Å². The fourth-order valence-corrected chi connectivity index (χ4v) is 4.44. The molecule has 4 rings (SSSR count). The highest BCUT2D eigenvalue weighted by molar-refractivity contribution is 6.07. The Hall–Kier alpha value is -2.85. The van der Waals surface area contributed by atoms with E-state index in [4.69, 9.17) is 4.74 Å². The van der Waals surface area contributed by atoms with Crippen LogP contribution in [-0.2, 0) is 24.8 Å². The minimum Gasteiger partial charge on any atom is -0.462 e. The quantitative estimate of drug-likeness (QED) is 0.625. The lowest BCUT2D eigenvalue weighted by molar-refractivity contribution is 0.0527. The molecule has 3 aromatic rings. The largest absolute Gasteiger partial charge is 0.462 e. The number of aryl methyl sites for hydroxylation is 2. The average Bonchev–Trinajstić information content (AvgIpc) is 3.00. The number of rotatable bonds is 5. The maximum atomic E-state index is 12.7. The van der Waals surface area contributed by atoms with Crippen LogP contribution in [0, 0.1) is 6.92 Å². The number of aromatic nitrogens is 1. The first-order valence-electron chi connectivity index (χ1n) is 10.3. The fourth-order valence-electron chi connectivity index (χ4n) is 4.44. The number of allylic oxidation sites excluding steroid dienone is 1. The number of nitrogens with zero attached hydrogens (tertiary/aromatic N) is 1. The number of carbonyl (C=O) groups excluding carboxylic acids is 1. The summed E-state index contributed by atoms with van der Waals surface area (Å²) in [6, 6.07) is 10.8. The maximum absolute atomic E-state index is 12.7. The summed E-state index contributed by atoms with van der Waals surface area (Å²) in [7, 11) is 3.91. The normalized spacial score (nSPS) is 13.0. The van der Waals surface area contributed by atoms with Crippen molar-refractivity contribution in [2.24, 2.45) is 7.05 Å². The molecule has 29 heavy (non-hydrogen) atoms. The van der Waals surface area contributed by atoms with Gasteiger partial charge in [0.2, 0.25) is 0 Å². The van der Waals surface area contributed by atoms with Gasteiger partial charge in [-0.15, -0.1) is 0 Å². The van der Waals surface area contributed by atoms with Gasteiger partial charge in [0.1, 0.15) is 0 Å². The Morgan fingerprint density at radius 2 is 2.07 bits per heavy atom. The summed E-state index contributed by atoms with van der Waals surface area (Å²) >= 11 is 0. The van der Waals surface area contributed by atoms with E-state index in [0.717, 1.165) is 29.4 Å². The Kier molecular flexibility index (Phi) is 5.29. The first-order chi connectivity index (χ1) is 14.1. The molecule has 0 aliphatic heterocycles. The number of carbonyl (C=O) groups is 1. The minimum atomic E-state index is -0.258. The standard InChI is InChI=1S/C25H28N2O2/c1-5-29-25(28)24-21-13-11-17(14-22(21)27(4)23(24)15-26-3)19-12-10-16(2)18-8-6-7-9-20(18)19/h7,9-14,26H,5-6,8,15H2,1-4H3. The molecular formula is C25H28N2O2. The molecule has 1 heterocycles. The third-order valence-corrected chi connectivity index (χ3v) is 5.89. The molecule has 0 bridgehead atoms. The van der Waals surface area contributed by atoms with E-state index in [0.29, 0.717) is 18.7 Å². The first-order valence-corrected chi connectivity index (χ1v) is 10.3. The van der Waals surface area contributed by atoms with Gasteiger partial charge < -0.3 is 14.6 Å². The molecule has 2 aromatic carbocycles. The minimum absolute atomic E-state index is 0.258. The van der Waals surface area contributed by atoms with Gasteiger partial charge in [-0.05, 0) is 67.6 Å². The van der Waals surface area contributed by atoms with Gasteiger partial charge >= 0.3 is 5.97 Å². The maximum Gasteiger partial charge on any atom is 0.340 e. The topological polar surface area (TPSA) is 43.3 Å². The molecule has 4 heteroatoms. The number of nitrogens with one attached hydrogen (secondary N) is 1. The van der Waals surface area contributed by atoms with Crippen LogP contribution in [0.2, 0.25) is 0 Å². The summed E-state index contributed by atoms with van der Waals surface area (Å²) in [5.74, 6) is -0.258. The monoisotopic (exact) mass is 388 g/mol. The van der Waals surface area contributed by atoms with Crippen molar-refractivity contribution >= 4 is 22.9 Å². The van der Waals surface area contributed by atoms with E-state index in [1.807, 2.05) is 21.0 Å². The van der Waals surface area contributed by atoms with Crippen LogP contribution in [0.3, 0.4) is 0 Å². The van der Waals surface area contributed by atoms with E-state index in [1.165, 1.54) is 27.8 Å². The Bertz CT molecular complexity index is 1120. The van der Waals surface area contributed by atoms with E-state index in [2.05, 4.69) is 59.3 Å². The average molecular weight is 389 g/mol. The van der Waals surface area contributed by atoms with Crippen LogP contribution in [0.5, 0.6) is 0 Å². The van der Waals surface area contributed by atoms with Crippen LogP contribution in [0.15, 0.2) is 36.4 Å². The number of benzene rings is 2. The van der Waals surface area contributed by atoms with Crippen LogP contribution < -0.4 is 5.32 Å². The van der Waals surface area contributed by atoms with E-state index >= 15 is 0 Å². The molecule has 0 amide bonds. The molecule has 1 aliphatic carbocycles. The molecule has 0 atom stereocenters. The second-order valence-corrected chi connectivity index (χ2v) is 7.63. The summed E-state index contributed by atoms with van der Waals surface area (Å²) in [6.45, 7) is 5.01. The zero-order chi connectivity index (χ0) is 20.5. The lowest BCUT2D eigenvalue weighted by Gasteiger charge is -2.18. The molecule has 150 valence electrons. The predicted octanol–water partition coefficient (Wildman–Crippen LogP) is 5.01.